The lowest BCUT2D eigenvalue weighted by Crippen LogP contribution is -2.15. The van der Waals surface area contributed by atoms with Crippen molar-refractivity contribution in [2.24, 2.45) is 0 Å². The van der Waals surface area contributed by atoms with Crippen LogP contribution in [0.5, 0.6) is 0 Å². The number of benzene rings is 4. The summed E-state index contributed by atoms with van der Waals surface area (Å²) in [6.45, 7) is 26.6. The summed E-state index contributed by atoms with van der Waals surface area (Å²) in [7, 11) is 0. The van der Waals surface area contributed by atoms with Crippen LogP contribution in [0.4, 0.5) is 23.3 Å². The Bertz CT molecular complexity index is 2590. The minimum absolute atomic E-state index is 0.0123. The van der Waals surface area contributed by atoms with Crippen LogP contribution in [-0.2, 0) is 21.7 Å². The molecule has 8 aromatic rings. The Labute approximate surface area is 364 Å². The summed E-state index contributed by atoms with van der Waals surface area (Å²) in [6, 6.07) is 34.3. The first-order chi connectivity index (χ1) is 29.2. The van der Waals surface area contributed by atoms with Crippen LogP contribution in [0.15, 0.2) is 97.1 Å². The molecule has 9 rings (SSSR count). The van der Waals surface area contributed by atoms with Crippen LogP contribution in [0.3, 0.4) is 0 Å². The number of aromatic nitrogens is 8. The van der Waals surface area contributed by atoms with E-state index in [1.54, 1.807) is 0 Å². The van der Waals surface area contributed by atoms with Gasteiger partial charge in [0.2, 0.25) is 22.6 Å². The molecule has 2 N–H and O–H groups in total. The predicted molar refractivity (Wildman–Crippen MR) is 253 cm³/mol. The van der Waals surface area contributed by atoms with Crippen molar-refractivity contribution in [2.75, 3.05) is 10.6 Å². The van der Waals surface area contributed by atoms with E-state index in [4.69, 9.17) is 39.9 Å². The number of nitrogens with one attached hydrogen (secondary N) is 2. The summed E-state index contributed by atoms with van der Waals surface area (Å²) in [5.74, 6) is 1.85. The van der Waals surface area contributed by atoms with Gasteiger partial charge in [-0.3, -0.25) is 0 Å². The van der Waals surface area contributed by atoms with Gasteiger partial charge in [0.1, 0.15) is 0 Å². The van der Waals surface area contributed by atoms with E-state index in [0.29, 0.717) is 45.9 Å². The van der Waals surface area contributed by atoms with Gasteiger partial charge in [-0.25, -0.2) is 39.9 Å². The normalized spacial score (nSPS) is 13.1. The number of fused-ring (bicyclic) bond motifs is 4. The summed E-state index contributed by atoms with van der Waals surface area (Å²) in [5, 5.41) is 6.76. The standard InChI is InChI=1S/C52H54N10/c1-49(2,3)33-21-13-29(14-22-33)37-38(30-15-23-34(24-16-30)50(4,5)6)54-42-41(53-37)57-45-46(58-42)62-48-47(61-45)59-43-44(60-48)56-40(32-19-27-36(28-20-32)52(10,11)12)39(55-43)31-17-25-35(26-18-31)51(7,8)9/h13-28H,1-12H3,(H,53,55,57,59,61)(H,54,56,58,60,62). The van der Waals surface area contributed by atoms with E-state index in [0.717, 1.165) is 45.0 Å². The number of rotatable bonds is 4. The third-order valence-corrected chi connectivity index (χ3v) is 11.6. The van der Waals surface area contributed by atoms with Gasteiger partial charge in [-0.1, -0.05) is 180 Å². The molecule has 0 fully saturated rings. The molecule has 1 aliphatic heterocycles. The minimum Gasteiger partial charge on any atom is -0.319 e. The molecule has 0 radical (unpaired) electrons. The predicted octanol–water partition coefficient (Wildman–Crippen LogP) is 12.8. The summed E-state index contributed by atoms with van der Waals surface area (Å²) in [4.78, 5) is 40.5. The Morgan fingerprint density at radius 1 is 0.258 bits per heavy atom. The quantitative estimate of drug-likeness (QED) is 0.177. The maximum Gasteiger partial charge on any atom is 0.200 e. The molecule has 1 aliphatic rings. The molecule has 62 heavy (non-hydrogen) atoms. The van der Waals surface area contributed by atoms with Crippen LogP contribution in [0.25, 0.3) is 67.6 Å². The lowest BCUT2D eigenvalue weighted by atomic mass is 9.86. The van der Waals surface area contributed by atoms with Gasteiger partial charge in [-0.05, 0) is 43.9 Å². The van der Waals surface area contributed by atoms with Gasteiger partial charge in [-0.15, -0.1) is 0 Å². The maximum atomic E-state index is 5.16. The zero-order valence-corrected chi connectivity index (χ0v) is 37.8. The highest BCUT2D eigenvalue weighted by molar-refractivity contribution is 5.92. The fourth-order valence-electron chi connectivity index (χ4n) is 7.66. The second-order valence-corrected chi connectivity index (χ2v) is 20.5. The lowest BCUT2D eigenvalue weighted by Gasteiger charge is -2.21. The Hall–Kier alpha value is -6.68. The van der Waals surface area contributed by atoms with Crippen molar-refractivity contribution in [3.05, 3.63) is 119 Å². The second-order valence-electron chi connectivity index (χ2n) is 20.5. The van der Waals surface area contributed by atoms with Crippen molar-refractivity contribution in [3.63, 3.8) is 0 Å². The van der Waals surface area contributed by atoms with Crippen molar-refractivity contribution >= 4 is 45.9 Å². The van der Waals surface area contributed by atoms with E-state index in [-0.39, 0.29) is 21.7 Å². The van der Waals surface area contributed by atoms with Crippen LogP contribution >= 0.6 is 0 Å². The van der Waals surface area contributed by atoms with Crippen molar-refractivity contribution in [1.82, 2.24) is 39.9 Å². The molecular weight excluding hydrogens is 765 g/mol. The lowest BCUT2D eigenvalue weighted by molar-refractivity contribution is 0.590. The molecule has 0 spiro atoms. The monoisotopic (exact) mass is 818 g/mol. The van der Waals surface area contributed by atoms with Crippen LogP contribution < -0.4 is 10.6 Å². The summed E-state index contributed by atoms with van der Waals surface area (Å²) in [5.41, 5.74) is 13.3. The molecule has 4 aromatic carbocycles. The van der Waals surface area contributed by atoms with Gasteiger partial charge in [0.25, 0.3) is 0 Å². The van der Waals surface area contributed by atoms with E-state index >= 15 is 0 Å². The van der Waals surface area contributed by atoms with Crippen molar-refractivity contribution < 1.29 is 0 Å². The van der Waals surface area contributed by atoms with Crippen LogP contribution in [0.1, 0.15) is 105 Å². The van der Waals surface area contributed by atoms with Gasteiger partial charge in [0.15, 0.2) is 23.3 Å². The van der Waals surface area contributed by atoms with Crippen molar-refractivity contribution in [2.45, 2.75) is 105 Å². The molecule has 0 saturated carbocycles. The third-order valence-electron chi connectivity index (χ3n) is 11.6. The fourth-order valence-corrected chi connectivity index (χ4v) is 7.66. The van der Waals surface area contributed by atoms with E-state index in [9.17, 15) is 0 Å². The van der Waals surface area contributed by atoms with Gasteiger partial charge >= 0.3 is 0 Å². The zero-order chi connectivity index (χ0) is 43.9. The Balaban J connectivity index is 1.15. The molecule has 0 saturated heterocycles. The van der Waals surface area contributed by atoms with Gasteiger partial charge in [0, 0.05) is 22.3 Å². The summed E-state index contributed by atoms with van der Waals surface area (Å²) >= 11 is 0. The second kappa shape index (κ2) is 14.5. The van der Waals surface area contributed by atoms with Crippen LogP contribution in [0.2, 0.25) is 0 Å². The first-order valence-corrected chi connectivity index (χ1v) is 21.4. The largest absolute Gasteiger partial charge is 0.319 e. The fraction of sp³-hybridized carbons (Fsp3) is 0.308. The van der Waals surface area contributed by atoms with Crippen LogP contribution in [0, 0.1) is 0 Å². The highest BCUT2D eigenvalue weighted by Gasteiger charge is 2.26. The zero-order valence-electron chi connectivity index (χ0n) is 37.8. The average molecular weight is 819 g/mol. The highest BCUT2D eigenvalue weighted by atomic mass is 15.3. The summed E-state index contributed by atoms with van der Waals surface area (Å²) in [6.07, 6.45) is 0. The van der Waals surface area contributed by atoms with Crippen LogP contribution in [-0.4, -0.2) is 39.9 Å². The number of hydrogen-bond acceptors (Lipinski definition) is 10. The molecule has 312 valence electrons. The molecule has 0 aliphatic carbocycles. The molecule has 5 heterocycles. The number of hydrogen-bond donors (Lipinski definition) is 2. The molecule has 0 unspecified atom stereocenters. The Morgan fingerprint density at radius 2 is 0.435 bits per heavy atom. The SMILES string of the molecule is CC(C)(C)c1ccc(-c2nc3nc4c(nc3nc2-c2ccc(C(C)(C)C)cc2)Nc2nc3nc(-c5ccc(C(C)(C)C)cc5)c(-c5ccc(C(C)(C)C)cc5)nc3nc2N4)cc1. The molecule has 0 bridgehead atoms. The highest BCUT2D eigenvalue weighted by Crippen LogP contribution is 2.40. The van der Waals surface area contributed by atoms with E-state index in [1.807, 2.05) is 0 Å². The smallest absolute Gasteiger partial charge is 0.200 e. The Kier molecular flexibility index (Phi) is 9.50. The molecular formula is C52H54N10. The molecule has 10 nitrogen and oxygen atoms in total. The number of anilines is 4. The van der Waals surface area contributed by atoms with Crippen molar-refractivity contribution in [3.8, 4) is 45.0 Å². The minimum atomic E-state index is 0.0123. The van der Waals surface area contributed by atoms with Gasteiger partial charge in [-0.2, -0.15) is 0 Å². The summed E-state index contributed by atoms with van der Waals surface area (Å²) < 4.78 is 0. The molecule has 0 amide bonds. The Morgan fingerprint density at radius 3 is 0.597 bits per heavy atom. The molecule has 0 atom stereocenters. The number of nitrogens with zero attached hydrogens (tertiary/aromatic N) is 8. The third kappa shape index (κ3) is 7.74. The van der Waals surface area contributed by atoms with E-state index in [2.05, 4.69) is 191 Å². The molecule has 4 aromatic heterocycles. The van der Waals surface area contributed by atoms with E-state index < -0.39 is 0 Å². The van der Waals surface area contributed by atoms with E-state index in [1.165, 1.54) is 22.3 Å². The average Bonchev–Trinajstić information content (AvgIpc) is 3.22. The first-order valence-electron chi connectivity index (χ1n) is 21.4. The topological polar surface area (TPSA) is 127 Å². The molecule has 10 heteroatoms. The first kappa shape index (κ1) is 40.7. The maximum absolute atomic E-state index is 5.16. The van der Waals surface area contributed by atoms with Crippen molar-refractivity contribution in [1.29, 1.82) is 0 Å². The van der Waals surface area contributed by atoms with Gasteiger partial charge in [0.05, 0.1) is 22.8 Å². The van der Waals surface area contributed by atoms with Gasteiger partial charge < -0.3 is 10.6 Å².